The Kier molecular flexibility index (Phi) is 4.49. The van der Waals surface area contributed by atoms with Crippen molar-refractivity contribution < 1.29 is 13.6 Å². The lowest BCUT2D eigenvalue weighted by molar-refractivity contribution is 0.0946. The molecule has 0 aromatic heterocycles. The summed E-state index contributed by atoms with van der Waals surface area (Å²) in [5, 5.41) is 2.61. The maximum Gasteiger partial charge on any atom is 0.254 e. The minimum atomic E-state index is -0.860. The summed E-state index contributed by atoms with van der Waals surface area (Å²) in [6.07, 6.45) is 0. The molecule has 0 radical (unpaired) electrons. The van der Waals surface area contributed by atoms with Crippen LogP contribution in [0.2, 0.25) is 0 Å². The van der Waals surface area contributed by atoms with Gasteiger partial charge in [-0.25, -0.2) is 8.78 Å². The highest BCUT2D eigenvalue weighted by atomic mass is 79.9. The molecule has 5 heteroatoms. The quantitative estimate of drug-likeness (QED) is 0.900. The van der Waals surface area contributed by atoms with E-state index < -0.39 is 17.5 Å². The van der Waals surface area contributed by atoms with Crippen molar-refractivity contribution in [2.75, 3.05) is 0 Å². The molecular weight excluding hydrogens is 328 g/mol. The normalized spacial score (nSPS) is 10.4. The average molecular weight is 340 g/mol. The van der Waals surface area contributed by atoms with Crippen molar-refractivity contribution in [2.45, 2.75) is 13.5 Å². The highest BCUT2D eigenvalue weighted by Crippen LogP contribution is 2.15. The molecule has 20 heavy (non-hydrogen) atoms. The van der Waals surface area contributed by atoms with Gasteiger partial charge in [-0.15, -0.1) is 0 Å². The topological polar surface area (TPSA) is 29.1 Å². The Labute approximate surface area is 123 Å². The summed E-state index contributed by atoms with van der Waals surface area (Å²) in [6, 6.07) is 9.33. The van der Waals surface area contributed by atoms with Gasteiger partial charge in [0.25, 0.3) is 5.91 Å². The fourth-order valence-electron chi connectivity index (χ4n) is 1.71. The number of aryl methyl sites for hydroxylation is 1. The predicted molar refractivity (Wildman–Crippen MR) is 76.4 cm³/mol. The molecule has 2 aromatic carbocycles. The fourth-order valence-corrected chi connectivity index (χ4v) is 1.98. The van der Waals surface area contributed by atoms with Gasteiger partial charge < -0.3 is 5.32 Å². The maximum atomic E-state index is 13.6. The zero-order chi connectivity index (χ0) is 14.7. The van der Waals surface area contributed by atoms with E-state index in [1.807, 2.05) is 24.3 Å². The monoisotopic (exact) mass is 339 g/mol. The minimum absolute atomic E-state index is 0.152. The van der Waals surface area contributed by atoms with Gasteiger partial charge in [0.2, 0.25) is 0 Å². The Morgan fingerprint density at radius 2 is 1.80 bits per heavy atom. The van der Waals surface area contributed by atoms with E-state index in [2.05, 4.69) is 21.2 Å². The molecule has 2 nitrogen and oxygen atoms in total. The number of hydrogen-bond donors (Lipinski definition) is 1. The summed E-state index contributed by atoms with van der Waals surface area (Å²) in [5.74, 6) is -2.08. The molecule has 0 saturated carbocycles. The lowest BCUT2D eigenvalue weighted by atomic mass is 10.1. The molecule has 0 fully saturated rings. The Hall–Kier alpha value is -1.75. The van der Waals surface area contributed by atoms with Crippen LogP contribution in [0.1, 0.15) is 21.5 Å². The van der Waals surface area contributed by atoms with E-state index in [0.717, 1.165) is 16.1 Å². The van der Waals surface area contributed by atoms with Gasteiger partial charge in [-0.1, -0.05) is 28.1 Å². The van der Waals surface area contributed by atoms with Crippen LogP contribution in [-0.4, -0.2) is 5.91 Å². The highest BCUT2D eigenvalue weighted by Gasteiger charge is 2.14. The first-order valence-corrected chi connectivity index (χ1v) is 6.75. The number of amides is 1. The Morgan fingerprint density at radius 3 is 2.45 bits per heavy atom. The Bertz CT molecular complexity index is 641. The second-order valence-electron chi connectivity index (χ2n) is 4.39. The van der Waals surface area contributed by atoms with Crippen molar-refractivity contribution >= 4 is 21.8 Å². The number of benzene rings is 2. The number of halogens is 3. The summed E-state index contributed by atoms with van der Waals surface area (Å²) < 4.78 is 27.6. The van der Waals surface area contributed by atoms with Gasteiger partial charge in [0.1, 0.15) is 11.6 Å². The van der Waals surface area contributed by atoms with Crippen LogP contribution in [0, 0.1) is 18.6 Å². The number of carbonyl (C=O) groups excluding carboxylic acids is 1. The van der Waals surface area contributed by atoms with Crippen LogP contribution in [0.25, 0.3) is 0 Å². The van der Waals surface area contributed by atoms with Crippen LogP contribution in [0.15, 0.2) is 40.9 Å². The summed E-state index contributed by atoms with van der Waals surface area (Å²) in [5.41, 5.74) is 0.974. The predicted octanol–water partition coefficient (Wildman–Crippen LogP) is 3.97. The molecule has 0 saturated heterocycles. The van der Waals surface area contributed by atoms with E-state index in [4.69, 9.17) is 0 Å². The van der Waals surface area contributed by atoms with E-state index in [1.165, 1.54) is 13.0 Å². The number of hydrogen-bond acceptors (Lipinski definition) is 1. The third-order valence-electron chi connectivity index (χ3n) is 2.86. The van der Waals surface area contributed by atoms with Gasteiger partial charge >= 0.3 is 0 Å². The van der Waals surface area contributed by atoms with Crippen LogP contribution in [0.5, 0.6) is 0 Å². The number of nitrogens with one attached hydrogen (secondary N) is 1. The van der Waals surface area contributed by atoms with Gasteiger partial charge in [0.05, 0.1) is 5.56 Å². The Balaban J connectivity index is 2.09. The second kappa shape index (κ2) is 6.13. The van der Waals surface area contributed by atoms with Gasteiger partial charge in [0.15, 0.2) is 0 Å². The van der Waals surface area contributed by atoms with Crippen molar-refractivity contribution in [3.8, 4) is 0 Å². The molecule has 0 atom stereocenters. The van der Waals surface area contributed by atoms with Crippen LogP contribution < -0.4 is 5.32 Å². The third kappa shape index (κ3) is 3.42. The van der Waals surface area contributed by atoms with Gasteiger partial charge in [-0.2, -0.15) is 0 Å². The molecule has 2 rings (SSSR count). The van der Waals surface area contributed by atoms with E-state index in [-0.39, 0.29) is 17.7 Å². The largest absolute Gasteiger partial charge is 0.348 e. The molecule has 2 aromatic rings. The van der Waals surface area contributed by atoms with Crippen LogP contribution in [0.3, 0.4) is 0 Å². The molecule has 0 spiro atoms. The van der Waals surface area contributed by atoms with E-state index >= 15 is 0 Å². The van der Waals surface area contributed by atoms with Gasteiger partial charge in [-0.05, 0) is 36.2 Å². The standard InChI is InChI=1S/C15H12BrF2NO/c1-9-6-12(14(18)7-13(9)17)15(20)19-8-10-2-4-11(16)5-3-10/h2-7H,8H2,1H3,(H,19,20). The average Bonchev–Trinajstić information content (AvgIpc) is 2.42. The van der Waals surface area contributed by atoms with Crippen LogP contribution >= 0.6 is 15.9 Å². The van der Waals surface area contributed by atoms with Gasteiger partial charge in [-0.3, -0.25) is 4.79 Å². The molecule has 0 heterocycles. The van der Waals surface area contributed by atoms with E-state index in [0.29, 0.717) is 0 Å². The maximum absolute atomic E-state index is 13.6. The first-order chi connectivity index (χ1) is 9.47. The van der Waals surface area contributed by atoms with Crippen LogP contribution in [0.4, 0.5) is 8.78 Å². The second-order valence-corrected chi connectivity index (χ2v) is 5.31. The lowest BCUT2D eigenvalue weighted by Gasteiger charge is -2.08. The first kappa shape index (κ1) is 14.7. The Morgan fingerprint density at radius 1 is 1.15 bits per heavy atom. The van der Waals surface area contributed by atoms with Gasteiger partial charge in [0, 0.05) is 17.1 Å². The summed E-state index contributed by atoms with van der Waals surface area (Å²) >= 11 is 3.31. The smallest absolute Gasteiger partial charge is 0.254 e. The third-order valence-corrected chi connectivity index (χ3v) is 3.39. The summed E-state index contributed by atoms with van der Waals surface area (Å²) in [7, 11) is 0. The minimum Gasteiger partial charge on any atom is -0.348 e. The van der Waals surface area contributed by atoms with E-state index in [9.17, 15) is 13.6 Å². The molecule has 1 amide bonds. The summed E-state index contributed by atoms with van der Waals surface area (Å²) in [4.78, 5) is 11.9. The van der Waals surface area contributed by atoms with Crippen molar-refractivity contribution in [2.24, 2.45) is 0 Å². The molecule has 0 bridgehead atoms. The highest BCUT2D eigenvalue weighted by molar-refractivity contribution is 9.10. The zero-order valence-corrected chi connectivity index (χ0v) is 12.3. The molecule has 0 unspecified atom stereocenters. The molecule has 0 aliphatic rings. The van der Waals surface area contributed by atoms with Crippen molar-refractivity contribution in [3.63, 3.8) is 0 Å². The van der Waals surface area contributed by atoms with Crippen molar-refractivity contribution in [3.05, 3.63) is 69.2 Å². The van der Waals surface area contributed by atoms with E-state index in [1.54, 1.807) is 0 Å². The molecule has 0 aliphatic heterocycles. The fraction of sp³-hybridized carbons (Fsp3) is 0.133. The first-order valence-electron chi connectivity index (χ1n) is 5.95. The molecule has 1 N–H and O–H groups in total. The van der Waals surface area contributed by atoms with Crippen molar-refractivity contribution in [1.29, 1.82) is 0 Å². The number of carbonyl (C=O) groups is 1. The van der Waals surface area contributed by atoms with Crippen LogP contribution in [-0.2, 0) is 6.54 Å². The SMILES string of the molecule is Cc1cc(C(=O)NCc2ccc(Br)cc2)c(F)cc1F. The molecular formula is C15H12BrF2NO. The zero-order valence-electron chi connectivity index (χ0n) is 10.7. The molecule has 104 valence electrons. The molecule has 0 aliphatic carbocycles. The van der Waals surface area contributed by atoms with Crippen molar-refractivity contribution in [1.82, 2.24) is 5.32 Å². The lowest BCUT2D eigenvalue weighted by Crippen LogP contribution is -2.24. The number of rotatable bonds is 3. The summed E-state index contributed by atoms with van der Waals surface area (Å²) in [6.45, 7) is 1.77.